The molecule has 4 aliphatic carbocycles. The van der Waals surface area contributed by atoms with E-state index in [0.717, 1.165) is 5.69 Å². The lowest BCUT2D eigenvalue weighted by molar-refractivity contribution is -0.123. The summed E-state index contributed by atoms with van der Waals surface area (Å²) in [6.07, 6.45) is 5.94. The van der Waals surface area contributed by atoms with Gasteiger partial charge in [0.2, 0.25) is 11.8 Å². The Morgan fingerprint density at radius 2 is 1.33 bits per heavy atom. The van der Waals surface area contributed by atoms with Crippen LogP contribution in [-0.2, 0) is 9.59 Å². The number of imide groups is 1. The van der Waals surface area contributed by atoms with Crippen molar-refractivity contribution in [2.75, 3.05) is 4.90 Å². The van der Waals surface area contributed by atoms with Gasteiger partial charge in [-0.15, -0.1) is 0 Å². The van der Waals surface area contributed by atoms with E-state index in [1.165, 1.54) is 11.3 Å². The Hall–Kier alpha value is -1.94. The van der Waals surface area contributed by atoms with Gasteiger partial charge in [0.25, 0.3) is 0 Å². The molecule has 1 aliphatic heterocycles. The van der Waals surface area contributed by atoms with Gasteiger partial charge in [0.15, 0.2) is 0 Å². The molecule has 1 heterocycles. The van der Waals surface area contributed by atoms with E-state index < -0.39 is 8.07 Å². The summed E-state index contributed by atoms with van der Waals surface area (Å²) in [5, 5.41) is 0. The zero-order valence-corrected chi connectivity index (χ0v) is 17.1. The molecule has 6 rings (SSSR count). The van der Waals surface area contributed by atoms with Crippen LogP contribution in [0.1, 0.15) is 6.42 Å². The molecule has 0 radical (unpaired) electrons. The molecule has 0 spiro atoms. The average Bonchev–Trinajstić information content (AvgIpc) is 3.39. The monoisotopic (exact) mass is 375 g/mol. The molecule has 1 aromatic carbocycles. The third-order valence-corrected chi connectivity index (χ3v) is 10.6. The Balaban J connectivity index is 1.49. The SMILES string of the molecule is C[Si](C)(C)C1[C@H]2C3=C([C@H]1[C@@H]1C(=O)N(c4ccccc4)C(=O)[C@H]12)[C@H]1C=C[C@H]3C1. The highest BCUT2D eigenvalue weighted by Gasteiger charge is 2.72. The van der Waals surface area contributed by atoms with Crippen molar-refractivity contribution < 1.29 is 9.59 Å². The van der Waals surface area contributed by atoms with Crippen LogP contribution >= 0.6 is 0 Å². The zero-order valence-electron chi connectivity index (χ0n) is 16.1. The van der Waals surface area contributed by atoms with Crippen LogP contribution in [0.4, 0.5) is 5.69 Å². The molecule has 0 aromatic heterocycles. The summed E-state index contributed by atoms with van der Waals surface area (Å²) in [4.78, 5) is 28.6. The quantitative estimate of drug-likeness (QED) is 0.335. The van der Waals surface area contributed by atoms with Crippen LogP contribution in [0.2, 0.25) is 25.2 Å². The van der Waals surface area contributed by atoms with E-state index in [4.69, 9.17) is 0 Å². The third-order valence-electron chi connectivity index (χ3n) is 7.89. The molecule has 6 atom stereocenters. The smallest absolute Gasteiger partial charge is 0.238 e. The molecule has 1 aromatic rings. The van der Waals surface area contributed by atoms with E-state index in [-0.39, 0.29) is 23.7 Å². The molecule has 27 heavy (non-hydrogen) atoms. The minimum Gasteiger partial charge on any atom is -0.274 e. The molecule has 4 bridgehead atoms. The van der Waals surface area contributed by atoms with Crippen LogP contribution in [-0.4, -0.2) is 19.9 Å². The van der Waals surface area contributed by atoms with E-state index in [1.54, 1.807) is 11.1 Å². The lowest BCUT2D eigenvalue weighted by Gasteiger charge is -2.34. The van der Waals surface area contributed by atoms with Gasteiger partial charge in [0.1, 0.15) is 0 Å². The fraction of sp³-hybridized carbons (Fsp3) is 0.478. The summed E-state index contributed by atoms with van der Waals surface area (Å²) in [5.41, 5.74) is 4.45. The second-order valence-electron chi connectivity index (χ2n) is 10.1. The fourth-order valence-corrected chi connectivity index (χ4v) is 10.2. The number of anilines is 1. The first-order valence-corrected chi connectivity index (χ1v) is 13.8. The molecule has 4 heteroatoms. The van der Waals surface area contributed by atoms with E-state index >= 15 is 0 Å². The minimum atomic E-state index is -1.50. The number of hydrogen-bond donors (Lipinski definition) is 0. The van der Waals surface area contributed by atoms with Gasteiger partial charge in [-0.2, -0.15) is 0 Å². The molecule has 5 aliphatic rings. The van der Waals surface area contributed by atoms with Gasteiger partial charge in [-0.25, -0.2) is 0 Å². The highest BCUT2D eigenvalue weighted by Crippen LogP contribution is 2.73. The van der Waals surface area contributed by atoms with E-state index in [0.29, 0.717) is 29.2 Å². The number of carbonyl (C=O) groups is 2. The fourth-order valence-electron chi connectivity index (χ4n) is 7.29. The second-order valence-corrected chi connectivity index (χ2v) is 15.5. The van der Waals surface area contributed by atoms with Gasteiger partial charge < -0.3 is 0 Å². The number of amides is 2. The minimum absolute atomic E-state index is 0.0604. The molecule has 0 N–H and O–H groups in total. The molecule has 2 fully saturated rings. The van der Waals surface area contributed by atoms with Crippen molar-refractivity contribution in [3.8, 4) is 0 Å². The third kappa shape index (κ3) is 1.78. The normalized spacial score (nSPS) is 41.1. The van der Waals surface area contributed by atoms with Gasteiger partial charge in [-0.3, -0.25) is 14.5 Å². The van der Waals surface area contributed by atoms with Crippen LogP contribution in [0, 0.1) is 35.5 Å². The summed E-state index contributed by atoms with van der Waals surface area (Å²) >= 11 is 0. The summed E-state index contributed by atoms with van der Waals surface area (Å²) in [7, 11) is -1.50. The summed E-state index contributed by atoms with van der Waals surface area (Å²) in [5.74, 6) is 1.58. The van der Waals surface area contributed by atoms with Crippen LogP contribution in [0.15, 0.2) is 53.6 Å². The Labute approximate surface area is 161 Å². The molecule has 138 valence electrons. The Morgan fingerprint density at radius 1 is 0.815 bits per heavy atom. The van der Waals surface area contributed by atoms with Crippen molar-refractivity contribution in [2.24, 2.45) is 35.5 Å². The zero-order chi connectivity index (χ0) is 18.7. The average molecular weight is 376 g/mol. The van der Waals surface area contributed by atoms with Crippen molar-refractivity contribution in [2.45, 2.75) is 31.6 Å². The molecule has 1 saturated heterocycles. The van der Waals surface area contributed by atoms with Crippen molar-refractivity contribution in [3.05, 3.63) is 53.6 Å². The number of allylic oxidation sites excluding steroid dienone is 4. The Kier molecular flexibility index (Phi) is 2.92. The van der Waals surface area contributed by atoms with Crippen LogP contribution in [0.3, 0.4) is 0 Å². The van der Waals surface area contributed by atoms with Gasteiger partial charge in [-0.1, -0.05) is 61.1 Å². The number of benzene rings is 1. The maximum Gasteiger partial charge on any atom is 0.238 e. The van der Waals surface area contributed by atoms with Crippen molar-refractivity contribution in [3.63, 3.8) is 0 Å². The maximum atomic E-state index is 13.5. The van der Waals surface area contributed by atoms with E-state index in [2.05, 4.69) is 31.8 Å². The van der Waals surface area contributed by atoms with Gasteiger partial charge in [0.05, 0.1) is 17.5 Å². The second kappa shape index (κ2) is 4.91. The van der Waals surface area contributed by atoms with Crippen molar-refractivity contribution in [1.82, 2.24) is 0 Å². The van der Waals surface area contributed by atoms with Crippen LogP contribution < -0.4 is 4.90 Å². The highest BCUT2D eigenvalue weighted by molar-refractivity contribution is 6.78. The summed E-state index contributed by atoms with van der Waals surface area (Å²) < 4.78 is 0. The molecule has 2 amide bonds. The van der Waals surface area contributed by atoms with E-state index in [9.17, 15) is 9.59 Å². The summed E-state index contributed by atoms with van der Waals surface area (Å²) in [6.45, 7) is 7.29. The first kappa shape index (κ1) is 16.1. The Bertz CT molecular complexity index is 893. The van der Waals surface area contributed by atoms with Crippen molar-refractivity contribution in [1.29, 1.82) is 0 Å². The van der Waals surface area contributed by atoms with Gasteiger partial charge >= 0.3 is 0 Å². The molecular weight excluding hydrogens is 350 g/mol. The maximum absolute atomic E-state index is 13.5. The highest BCUT2D eigenvalue weighted by atomic mass is 28.3. The van der Waals surface area contributed by atoms with Gasteiger partial charge in [0, 0.05) is 8.07 Å². The van der Waals surface area contributed by atoms with Gasteiger partial charge in [-0.05, 0) is 47.8 Å². The number of fused-ring (bicyclic) bond motifs is 11. The predicted octanol–water partition coefficient (Wildman–Crippen LogP) is 4.26. The molecule has 1 saturated carbocycles. The van der Waals surface area contributed by atoms with Crippen LogP contribution in [0.5, 0.6) is 0 Å². The topological polar surface area (TPSA) is 37.4 Å². The Morgan fingerprint density at radius 3 is 1.81 bits per heavy atom. The van der Waals surface area contributed by atoms with Crippen LogP contribution in [0.25, 0.3) is 0 Å². The molecular formula is C23H25NO2Si. The number of para-hydroxylation sites is 1. The predicted molar refractivity (Wildman–Crippen MR) is 108 cm³/mol. The number of hydrogen-bond acceptors (Lipinski definition) is 2. The standard InChI is InChI=1S/C23H25NO2Si/c1-27(2,3)21-17-15-12-9-10-13(11-12)16(15)18(21)20-19(17)22(25)24(23(20)26)14-7-5-4-6-8-14/h4-10,12-13,17-21H,11H2,1-3H3/t12-,13-,17-,18-,19-,20-/m0/s1. The largest absolute Gasteiger partial charge is 0.274 e. The lowest BCUT2D eigenvalue weighted by atomic mass is 9.74. The van der Waals surface area contributed by atoms with Crippen molar-refractivity contribution >= 4 is 25.6 Å². The molecule has 0 unspecified atom stereocenters. The first-order valence-electron chi connectivity index (χ1n) is 10.2. The lowest BCUT2D eigenvalue weighted by Crippen LogP contribution is -2.39. The number of nitrogens with zero attached hydrogens (tertiary/aromatic N) is 1. The number of rotatable bonds is 2. The number of carbonyl (C=O) groups excluding carboxylic acids is 2. The summed E-state index contributed by atoms with van der Waals surface area (Å²) in [6, 6.07) is 9.53. The first-order chi connectivity index (χ1) is 12.9. The van der Waals surface area contributed by atoms with E-state index in [1.807, 2.05) is 30.3 Å². The molecule has 3 nitrogen and oxygen atoms in total.